The first-order valence-corrected chi connectivity index (χ1v) is 11.5. The van der Waals surface area contributed by atoms with Crippen LogP contribution in [0.15, 0.2) is 72.1 Å². The van der Waals surface area contributed by atoms with Crippen LogP contribution in [-0.4, -0.2) is 52.0 Å². The second-order valence-electron chi connectivity index (χ2n) is 7.96. The van der Waals surface area contributed by atoms with Crippen LogP contribution < -0.4 is 0 Å². The number of piperazine rings is 1. The van der Waals surface area contributed by atoms with Crippen molar-refractivity contribution in [3.63, 3.8) is 0 Å². The summed E-state index contributed by atoms with van der Waals surface area (Å²) in [6.07, 6.45) is 0. The Bertz CT molecular complexity index is 1160. The molecule has 1 aliphatic rings. The molecule has 0 amide bonds. The van der Waals surface area contributed by atoms with Crippen molar-refractivity contribution in [2.45, 2.75) is 12.6 Å². The molecule has 158 valence electrons. The number of H-pyrrole nitrogens is 1. The van der Waals surface area contributed by atoms with Crippen molar-refractivity contribution >= 4 is 28.2 Å². The minimum atomic E-state index is -0.798. The Labute approximate surface area is 185 Å². The van der Waals surface area contributed by atoms with Crippen LogP contribution in [-0.2, 0) is 11.3 Å². The van der Waals surface area contributed by atoms with Crippen molar-refractivity contribution in [1.29, 1.82) is 0 Å². The highest BCUT2D eigenvalue weighted by Gasteiger charge is 2.34. The topological polar surface area (TPSA) is 59.6 Å². The second-order valence-corrected chi connectivity index (χ2v) is 8.99. The Hall–Kier alpha value is -2.93. The van der Waals surface area contributed by atoms with Crippen LogP contribution in [0.4, 0.5) is 0 Å². The number of aromatic amines is 1. The summed E-state index contributed by atoms with van der Waals surface area (Å²) in [5.74, 6) is -0.798. The monoisotopic (exact) mass is 431 g/mol. The lowest BCUT2D eigenvalue weighted by Crippen LogP contribution is -2.48. The van der Waals surface area contributed by atoms with E-state index in [0.29, 0.717) is 0 Å². The Morgan fingerprint density at radius 1 is 0.968 bits per heavy atom. The molecule has 1 unspecified atom stereocenters. The number of aromatic nitrogens is 1. The van der Waals surface area contributed by atoms with Gasteiger partial charge in [-0.25, -0.2) is 0 Å². The maximum Gasteiger partial charge on any atom is 0.325 e. The third-order valence-corrected chi connectivity index (χ3v) is 6.91. The van der Waals surface area contributed by atoms with Gasteiger partial charge in [-0.15, -0.1) is 11.3 Å². The van der Waals surface area contributed by atoms with Gasteiger partial charge in [-0.3, -0.25) is 14.6 Å². The molecule has 1 fully saturated rings. The molecule has 2 aromatic carbocycles. The summed E-state index contributed by atoms with van der Waals surface area (Å²) in [6, 6.07) is 21.6. The van der Waals surface area contributed by atoms with E-state index in [9.17, 15) is 9.90 Å². The largest absolute Gasteiger partial charge is 0.480 e. The van der Waals surface area contributed by atoms with E-state index in [-0.39, 0.29) is 0 Å². The first-order chi connectivity index (χ1) is 15.2. The van der Waals surface area contributed by atoms with Gasteiger partial charge in [0, 0.05) is 54.1 Å². The highest BCUT2D eigenvalue weighted by molar-refractivity contribution is 7.09. The summed E-state index contributed by atoms with van der Waals surface area (Å²) in [5.41, 5.74) is 3.74. The van der Waals surface area contributed by atoms with Gasteiger partial charge in [-0.2, -0.15) is 0 Å². The third kappa shape index (κ3) is 4.02. The lowest BCUT2D eigenvalue weighted by atomic mass is 9.97. The molecule has 4 aromatic rings. The quantitative estimate of drug-likeness (QED) is 0.459. The molecular formula is C25H25N3O2S. The predicted molar refractivity (Wildman–Crippen MR) is 125 cm³/mol. The van der Waals surface area contributed by atoms with E-state index in [1.54, 1.807) is 11.3 Å². The summed E-state index contributed by atoms with van der Waals surface area (Å²) in [6.45, 7) is 4.13. The van der Waals surface area contributed by atoms with E-state index in [2.05, 4.69) is 32.3 Å². The van der Waals surface area contributed by atoms with E-state index in [1.165, 1.54) is 4.88 Å². The van der Waals surface area contributed by atoms with Gasteiger partial charge in [0.2, 0.25) is 0 Å². The molecule has 0 saturated carbocycles. The fourth-order valence-corrected chi connectivity index (χ4v) is 5.29. The fourth-order valence-electron chi connectivity index (χ4n) is 4.54. The number of aliphatic carboxylic acids is 1. The number of thiophene rings is 1. The molecule has 0 aliphatic carbocycles. The van der Waals surface area contributed by atoms with Gasteiger partial charge in [-0.1, -0.05) is 54.6 Å². The van der Waals surface area contributed by atoms with Crippen molar-refractivity contribution in [1.82, 2.24) is 14.8 Å². The Morgan fingerprint density at radius 2 is 1.71 bits per heavy atom. The second kappa shape index (κ2) is 8.67. The van der Waals surface area contributed by atoms with Crippen LogP contribution in [0.1, 0.15) is 16.5 Å². The molecule has 2 N–H and O–H groups in total. The molecular weight excluding hydrogens is 406 g/mol. The molecule has 6 heteroatoms. The van der Waals surface area contributed by atoms with Crippen LogP contribution in [0.2, 0.25) is 0 Å². The van der Waals surface area contributed by atoms with Crippen LogP contribution in [0.5, 0.6) is 0 Å². The average molecular weight is 432 g/mol. The zero-order valence-corrected chi connectivity index (χ0v) is 18.0. The fraction of sp³-hybridized carbons (Fsp3) is 0.240. The minimum absolute atomic E-state index is 0.685. The molecule has 1 atom stereocenters. The van der Waals surface area contributed by atoms with Gasteiger partial charge in [0.25, 0.3) is 0 Å². The maximum atomic E-state index is 12.6. The minimum Gasteiger partial charge on any atom is -0.480 e. The summed E-state index contributed by atoms with van der Waals surface area (Å²) >= 11 is 1.77. The van der Waals surface area contributed by atoms with Crippen LogP contribution in [0.25, 0.3) is 22.2 Å². The summed E-state index contributed by atoms with van der Waals surface area (Å²) in [4.78, 5) is 22.0. The van der Waals surface area contributed by atoms with Crippen molar-refractivity contribution < 1.29 is 9.90 Å². The molecule has 0 spiro atoms. The summed E-state index contributed by atoms with van der Waals surface area (Å²) in [5, 5.41) is 13.4. The number of benzene rings is 2. The zero-order chi connectivity index (χ0) is 21.2. The van der Waals surface area contributed by atoms with E-state index in [4.69, 9.17) is 0 Å². The number of carboxylic acid groups (broad SMARTS) is 1. The summed E-state index contributed by atoms with van der Waals surface area (Å²) in [7, 11) is 0. The first-order valence-electron chi connectivity index (χ1n) is 10.6. The Balaban J connectivity index is 1.48. The lowest BCUT2D eigenvalue weighted by molar-refractivity contribution is -0.144. The van der Waals surface area contributed by atoms with Crippen molar-refractivity contribution in [3.05, 3.63) is 82.6 Å². The molecule has 1 aliphatic heterocycles. The number of para-hydroxylation sites is 1. The average Bonchev–Trinajstić information content (AvgIpc) is 3.44. The molecule has 0 radical (unpaired) electrons. The number of hydrogen-bond acceptors (Lipinski definition) is 4. The Kier molecular flexibility index (Phi) is 5.59. The summed E-state index contributed by atoms with van der Waals surface area (Å²) < 4.78 is 0. The van der Waals surface area contributed by atoms with E-state index >= 15 is 0 Å². The molecule has 1 saturated heterocycles. The van der Waals surface area contributed by atoms with Gasteiger partial charge in [0.15, 0.2) is 0 Å². The Morgan fingerprint density at radius 3 is 2.42 bits per heavy atom. The van der Waals surface area contributed by atoms with Gasteiger partial charge in [0.1, 0.15) is 6.04 Å². The van der Waals surface area contributed by atoms with Gasteiger partial charge >= 0.3 is 5.97 Å². The molecule has 3 heterocycles. The standard InChI is InChI=1S/C25H25N3O2S/c29-25(30)24(28-14-12-27(13-15-28)17-19-9-6-16-31-19)22-20-10-4-5-11-21(20)26-23(22)18-7-2-1-3-8-18/h1-11,16,24,26H,12-15,17H2,(H,29,30). The number of hydrogen-bond donors (Lipinski definition) is 2. The number of fused-ring (bicyclic) bond motifs is 1. The van der Waals surface area contributed by atoms with Crippen molar-refractivity contribution in [2.24, 2.45) is 0 Å². The van der Waals surface area contributed by atoms with Crippen molar-refractivity contribution in [3.8, 4) is 11.3 Å². The molecule has 31 heavy (non-hydrogen) atoms. The van der Waals surface area contributed by atoms with E-state index in [1.807, 2.05) is 54.6 Å². The number of nitrogens with zero attached hydrogens (tertiary/aromatic N) is 2. The van der Waals surface area contributed by atoms with E-state index in [0.717, 1.165) is 60.4 Å². The number of rotatable bonds is 6. The smallest absolute Gasteiger partial charge is 0.325 e. The molecule has 2 aromatic heterocycles. The highest BCUT2D eigenvalue weighted by Crippen LogP contribution is 2.38. The van der Waals surface area contributed by atoms with E-state index < -0.39 is 12.0 Å². The lowest BCUT2D eigenvalue weighted by Gasteiger charge is -2.37. The number of carbonyl (C=O) groups is 1. The van der Waals surface area contributed by atoms with Crippen LogP contribution in [0.3, 0.4) is 0 Å². The van der Waals surface area contributed by atoms with Gasteiger partial charge in [-0.05, 0) is 23.1 Å². The molecule has 5 rings (SSSR count). The maximum absolute atomic E-state index is 12.6. The van der Waals surface area contributed by atoms with Gasteiger partial charge in [0.05, 0.1) is 5.69 Å². The first kappa shape index (κ1) is 20.0. The van der Waals surface area contributed by atoms with Crippen LogP contribution in [0, 0.1) is 0 Å². The third-order valence-electron chi connectivity index (χ3n) is 6.05. The normalized spacial score (nSPS) is 16.5. The SMILES string of the molecule is O=C(O)C(c1c(-c2ccccc2)[nH]c2ccccc12)N1CCN(Cc2cccs2)CC1. The number of nitrogens with one attached hydrogen (secondary N) is 1. The van der Waals surface area contributed by atoms with Gasteiger partial charge < -0.3 is 10.1 Å². The number of carboxylic acids is 1. The molecule has 5 nitrogen and oxygen atoms in total. The highest BCUT2D eigenvalue weighted by atomic mass is 32.1. The van der Waals surface area contributed by atoms with Crippen LogP contribution >= 0.6 is 11.3 Å². The van der Waals surface area contributed by atoms with Crippen molar-refractivity contribution in [2.75, 3.05) is 26.2 Å². The predicted octanol–water partition coefficient (Wildman–Crippen LogP) is 4.84. The zero-order valence-electron chi connectivity index (χ0n) is 17.2. The molecule has 0 bridgehead atoms.